The summed E-state index contributed by atoms with van der Waals surface area (Å²) in [4.78, 5) is 33.5. The Morgan fingerprint density at radius 2 is 1.85 bits per heavy atom. The third-order valence-corrected chi connectivity index (χ3v) is 4.96. The fraction of sp³-hybridized carbons (Fsp3) is 0.300. The summed E-state index contributed by atoms with van der Waals surface area (Å²) in [7, 11) is 1.77. The van der Waals surface area contributed by atoms with Crippen LogP contribution in [-0.4, -0.2) is 43.4 Å². The van der Waals surface area contributed by atoms with Crippen LogP contribution in [0.2, 0.25) is 0 Å². The Morgan fingerprint density at radius 1 is 1.19 bits per heavy atom. The van der Waals surface area contributed by atoms with Crippen molar-refractivity contribution < 1.29 is 9.59 Å². The van der Waals surface area contributed by atoms with Gasteiger partial charge in [-0.2, -0.15) is 5.10 Å². The Balaban J connectivity index is 1.83. The average Bonchev–Trinajstić information content (AvgIpc) is 3.28. The highest BCUT2D eigenvalue weighted by Crippen LogP contribution is 2.25. The number of carbonyl (C=O) groups excluding carboxylic acids is 2. The summed E-state index contributed by atoms with van der Waals surface area (Å²) in [5.74, 6) is -0.185. The van der Waals surface area contributed by atoms with E-state index in [-0.39, 0.29) is 17.7 Å². The van der Waals surface area contributed by atoms with Gasteiger partial charge in [-0.25, -0.2) is 9.67 Å². The van der Waals surface area contributed by atoms with Crippen LogP contribution in [0.1, 0.15) is 57.6 Å². The van der Waals surface area contributed by atoms with E-state index in [0.29, 0.717) is 16.8 Å². The molecule has 1 unspecified atom stereocenters. The van der Waals surface area contributed by atoms with Crippen molar-refractivity contribution in [3.05, 3.63) is 65.0 Å². The summed E-state index contributed by atoms with van der Waals surface area (Å²) in [6.07, 6.45) is 3.12. The van der Waals surface area contributed by atoms with Gasteiger partial charge in [0.15, 0.2) is 5.78 Å². The van der Waals surface area contributed by atoms with Gasteiger partial charge in [-0.15, -0.1) is 0 Å². The molecule has 0 aliphatic rings. The third kappa shape index (κ3) is 3.40. The number of aromatic amines is 1. The van der Waals surface area contributed by atoms with Crippen molar-refractivity contribution >= 4 is 11.7 Å². The van der Waals surface area contributed by atoms with E-state index in [1.165, 1.54) is 13.3 Å². The standard InChI is InChI=1S/C20H23N5O2/c1-12-18(15(4)26)13(2)23-19(12)20(27)24(5)14(3)16-6-8-17(9-7-16)25-11-21-10-22-25/h6-11,14,23H,1-5H3. The zero-order valence-electron chi connectivity index (χ0n) is 16.1. The van der Waals surface area contributed by atoms with E-state index >= 15 is 0 Å². The van der Waals surface area contributed by atoms with E-state index in [1.54, 1.807) is 29.9 Å². The van der Waals surface area contributed by atoms with Gasteiger partial charge in [-0.3, -0.25) is 9.59 Å². The van der Waals surface area contributed by atoms with Gasteiger partial charge in [-0.1, -0.05) is 12.1 Å². The largest absolute Gasteiger partial charge is 0.354 e. The molecule has 7 nitrogen and oxygen atoms in total. The van der Waals surface area contributed by atoms with Crippen LogP contribution in [0.4, 0.5) is 0 Å². The number of rotatable bonds is 5. The molecule has 0 radical (unpaired) electrons. The third-order valence-electron chi connectivity index (χ3n) is 4.96. The van der Waals surface area contributed by atoms with Gasteiger partial charge in [-0.05, 0) is 51.0 Å². The summed E-state index contributed by atoms with van der Waals surface area (Å²) in [6, 6.07) is 7.69. The first-order chi connectivity index (χ1) is 12.8. The van der Waals surface area contributed by atoms with Crippen molar-refractivity contribution in [2.45, 2.75) is 33.7 Å². The molecule has 0 bridgehead atoms. The maximum atomic E-state index is 13.0. The highest BCUT2D eigenvalue weighted by Gasteiger charge is 2.25. The average molecular weight is 365 g/mol. The second-order valence-electron chi connectivity index (χ2n) is 6.70. The molecule has 3 aromatic rings. The fourth-order valence-corrected chi connectivity index (χ4v) is 3.31. The number of ketones is 1. The number of aryl methyl sites for hydroxylation is 1. The number of carbonyl (C=O) groups is 2. The molecule has 1 N–H and O–H groups in total. The van der Waals surface area contributed by atoms with Crippen LogP contribution in [0.3, 0.4) is 0 Å². The molecule has 140 valence electrons. The van der Waals surface area contributed by atoms with Gasteiger partial charge in [0.25, 0.3) is 5.91 Å². The zero-order chi connectivity index (χ0) is 19.7. The lowest BCUT2D eigenvalue weighted by Crippen LogP contribution is -2.30. The Kier molecular flexibility index (Phi) is 4.94. The SMILES string of the molecule is CC(=O)c1c(C)[nH]c(C(=O)N(C)C(C)c2ccc(-n3cncn3)cc2)c1C. The molecule has 1 aromatic carbocycles. The lowest BCUT2D eigenvalue weighted by molar-refractivity contribution is 0.0736. The van der Waals surface area contributed by atoms with Crippen molar-refractivity contribution in [2.24, 2.45) is 0 Å². The Labute approximate surface area is 158 Å². The number of amides is 1. The second kappa shape index (κ2) is 7.19. The van der Waals surface area contributed by atoms with Crippen molar-refractivity contribution in [3.8, 4) is 5.69 Å². The molecule has 3 rings (SSSR count). The van der Waals surface area contributed by atoms with Crippen LogP contribution >= 0.6 is 0 Å². The summed E-state index contributed by atoms with van der Waals surface area (Å²) < 4.78 is 1.68. The quantitative estimate of drug-likeness (QED) is 0.704. The number of hydrogen-bond acceptors (Lipinski definition) is 4. The fourth-order valence-electron chi connectivity index (χ4n) is 3.31. The Morgan fingerprint density at radius 3 is 2.37 bits per heavy atom. The molecule has 0 aliphatic carbocycles. The van der Waals surface area contributed by atoms with Gasteiger partial charge in [0.05, 0.1) is 11.7 Å². The molecule has 0 spiro atoms. The van der Waals surface area contributed by atoms with Gasteiger partial charge >= 0.3 is 0 Å². The molecular weight excluding hydrogens is 342 g/mol. The predicted octanol–water partition coefficient (Wildman–Crippen LogP) is 3.25. The van der Waals surface area contributed by atoms with Crippen molar-refractivity contribution in [2.75, 3.05) is 7.05 Å². The highest BCUT2D eigenvalue weighted by atomic mass is 16.2. The van der Waals surface area contributed by atoms with Gasteiger partial charge < -0.3 is 9.88 Å². The zero-order valence-corrected chi connectivity index (χ0v) is 16.1. The van der Waals surface area contributed by atoms with Gasteiger partial charge in [0.1, 0.15) is 18.3 Å². The van der Waals surface area contributed by atoms with Crippen molar-refractivity contribution in [3.63, 3.8) is 0 Å². The highest BCUT2D eigenvalue weighted by molar-refractivity contribution is 6.02. The van der Waals surface area contributed by atoms with Crippen LogP contribution in [0, 0.1) is 13.8 Å². The number of nitrogens with zero attached hydrogens (tertiary/aromatic N) is 4. The first kappa shape index (κ1) is 18.6. The number of hydrogen-bond donors (Lipinski definition) is 1. The number of benzene rings is 1. The summed E-state index contributed by atoms with van der Waals surface area (Å²) >= 11 is 0. The number of H-pyrrole nitrogens is 1. The normalized spacial score (nSPS) is 12.0. The number of nitrogens with one attached hydrogen (secondary N) is 1. The van der Waals surface area contributed by atoms with Crippen molar-refractivity contribution in [1.29, 1.82) is 0 Å². The van der Waals surface area contributed by atoms with Crippen LogP contribution in [0.5, 0.6) is 0 Å². The molecule has 2 aromatic heterocycles. The molecule has 2 heterocycles. The monoisotopic (exact) mass is 365 g/mol. The summed E-state index contributed by atoms with van der Waals surface area (Å²) in [5, 5.41) is 4.11. The molecule has 1 atom stereocenters. The first-order valence-electron chi connectivity index (χ1n) is 8.73. The minimum absolute atomic E-state index is 0.0419. The predicted molar refractivity (Wildman–Crippen MR) is 102 cm³/mol. The molecular formula is C20H23N5O2. The van der Waals surface area contributed by atoms with Crippen LogP contribution < -0.4 is 0 Å². The van der Waals surface area contributed by atoms with E-state index in [2.05, 4.69) is 15.1 Å². The summed E-state index contributed by atoms with van der Waals surface area (Å²) in [5.41, 5.74) is 4.39. The molecule has 27 heavy (non-hydrogen) atoms. The minimum Gasteiger partial charge on any atom is -0.354 e. The Hall–Kier alpha value is -3.22. The smallest absolute Gasteiger partial charge is 0.270 e. The Bertz CT molecular complexity index is 971. The molecule has 0 saturated heterocycles. The lowest BCUT2D eigenvalue weighted by atomic mass is 10.0. The number of Topliss-reactive ketones (excluding diaryl/α,β-unsaturated/α-hetero) is 1. The molecule has 0 fully saturated rings. The van der Waals surface area contributed by atoms with Crippen LogP contribution in [0.25, 0.3) is 5.69 Å². The van der Waals surface area contributed by atoms with Gasteiger partial charge in [0, 0.05) is 18.3 Å². The maximum Gasteiger partial charge on any atom is 0.270 e. The number of aromatic nitrogens is 4. The first-order valence-corrected chi connectivity index (χ1v) is 8.73. The van der Waals surface area contributed by atoms with E-state index in [9.17, 15) is 9.59 Å². The molecule has 0 aliphatic heterocycles. The van der Waals surface area contributed by atoms with E-state index in [0.717, 1.165) is 16.9 Å². The van der Waals surface area contributed by atoms with E-state index in [1.807, 2.05) is 38.1 Å². The summed E-state index contributed by atoms with van der Waals surface area (Å²) in [6.45, 7) is 7.10. The topological polar surface area (TPSA) is 83.9 Å². The lowest BCUT2D eigenvalue weighted by Gasteiger charge is -2.25. The maximum absolute atomic E-state index is 13.0. The minimum atomic E-state index is -0.143. The molecule has 0 saturated carbocycles. The van der Waals surface area contributed by atoms with Crippen LogP contribution in [0.15, 0.2) is 36.9 Å². The second-order valence-corrected chi connectivity index (χ2v) is 6.70. The van der Waals surface area contributed by atoms with Crippen molar-refractivity contribution in [1.82, 2.24) is 24.6 Å². The van der Waals surface area contributed by atoms with Crippen LogP contribution in [-0.2, 0) is 0 Å². The molecule has 7 heteroatoms. The van der Waals surface area contributed by atoms with E-state index < -0.39 is 0 Å². The molecule has 1 amide bonds. The van der Waals surface area contributed by atoms with Gasteiger partial charge in [0.2, 0.25) is 0 Å². The van der Waals surface area contributed by atoms with E-state index in [4.69, 9.17) is 0 Å².